The number of imidazole rings is 1. The monoisotopic (exact) mass is 413 g/mol. The Hall–Kier alpha value is -4.11. The first-order valence-corrected chi connectivity index (χ1v) is 11.0. The Morgan fingerprint density at radius 3 is 2.19 bits per heavy atom. The Bertz CT molecular complexity index is 1510. The van der Waals surface area contributed by atoms with E-state index in [1.54, 1.807) is 6.33 Å². The normalized spacial score (nSPS) is 11.4. The second-order valence-corrected chi connectivity index (χ2v) is 8.27. The van der Waals surface area contributed by atoms with Crippen LogP contribution in [0.3, 0.4) is 0 Å². The molecule has 154 valence electrons. The summed E-state index contributed by atoms with van der Waals surface area (Å²) in [5.41, 5.74) is 6.26. The van der Waals surface area contributed by atoms with Gasteiger partial charge in [0.25, 0.3) is 0 Å². The maximum Gasteiger partial charge on any atom is 0.0923 e. The van der Waals surface area contributed by atoms with Crippen molar-refractivity contribution in [3.05, 3.63) is 127 Å². The molecule has 0 unspecified atom stereocenters. The van der Waals surface area contributed by atoms with E-state index in [-0.39, 0.29) is 0 Å². The van der Waals surface area contributed by atoms with Crippen LogP contribution in [0.5, 0.6) is 0 Å². The molecule has 0 aliphatic carbocycles. The van der Waals surface area contributed by atoms with Crippen molar-refractivity contribution in [3.8, 4) is 11.1 Å². The fourth-order valence-corrected chi connectivity index (χ4v) is 4.71. The lowest BCUT2D eigenvalue weighted by Crippen LogP contribution is -1.96. The molecule has 0 saturated heterocycles. The number of H-pyrrole nitrogens is 1. The molecule has 0 saturated carbocycles. The number of nitrogens with one attached hydrogen (secondary N) is 1. The van der Waals surface area contributed by atoms with Crippen molar-refractivity contribution >= 4 is 21.5 Å². The highest BCUT2D eigenvalue weighted by Gasteiger charge is 2.14. The van der Waals surface area contributed by atoms with Crippen molar-refractivity contribution in [2.75, 3.05) is 0 Å². The van der Waals surface area contributed by atoms with Crippen LogP contribution in [0.2, 0.25) is 0 Å². The molecule has 3 nitrogen and oxygen atoms in total. The zero-order chi connectivity index (χ0) is 21.3. The van der Waals surface area contributed by atoms with Crippen LogP contribution < -0.4 is 0 Å². The SMILES string of the molecule is c1ccc2c(Cc3cn(Cc4c[nH]cn4)cc3-c3cccc4ccccc34)cccc2c1. The van der Waals surface area contributed by atoms with E-state index in [0.717, 1.165) is 18.7 Å². The quantitative estimate of drug-likeness (QED) is 0.330. The first-order chi connectivity index (χ1) is 15.8. The molecule has 0 atom stereocenters. The molecule has 3 heteroatoms. The van der Waals surface area contributed by atoms with Gasteiger partial charge in [0, 0.05) is 30.6 Å². The summed E-state index contributed by atoms with van der Waals surface area (Å²) in [6.07, 6.45) is 9.14. The maximum atomic E-state index is 4.42. The van der Waals surface area contributed by atoms with Gasteiger partial charge in [-0.1, -0.05) is 84.9 Å². The van der Waals surface area contributed by atoms with E-state index in [1.165, 1.54) is 43.8 Å². The summed E-state index contributed by atoms with van der Waals surface area (Å²) in [6.45, 7) is 0.747. The molecular formula is C29H23N3. The van der Waals surface area contributed by atoms with Crippen LogP contribution >= 0.6 is 0 Å². The summed E-state index contributed by atoms with van der Waals surface area (Å²) >= 11 is 0. The molecule has 1 N–H and O–H groups in total. The maximum absolute atomic E-state index is 4.42. The summed E-state index contributed by atoms with van der Waals surface area (Å²) in [7, 11) is 0. The lowest BCUT2D eigenvalue weighted by atomic mass is 9.93. The average molecular weight is 414 g/mol. The molecule has 0 amide bonds. The van der Waals surface area contributed by atoms with E-state index in [1.807, 2.05) is 6.20 Å². The molecule has 0 bridgehead atoms. The third kappa shape index (κ3) is 3.38. The summed E-state index contributed by atoms with van der Waals surface area (Å²) in [4.78, 5) is 7.48. The van der Waals surface area contributed by atoms with Crippen molar-refractivity contribution < 1.29 is 0 Å². The third-order valence-corrected chi connectivity index (χ3v) is 6.20. The van der Waals surface area contributed by atoms with Gasteiger partial charge >= 0.3 is 0 Å². The summed E-state index contributed by atoms with van der Waals surface area (Å²) in [5, 5.41) is 5.15. The molecular weight excluding hydrogens is 390 g/mol. The van der Waals surface area contributed by atoms with Crippen molar-refractivity contribution in [2.24, 2.45) is 0 Å². The minimum atomic E-state index is 0.747. The lowest BCUT2D eigenvalue weighted by Gasteiger charge is -2.10. The van der Waals surface area contributed by atoms with E-state index >= 15 is 0 Å². The highest BCUT2D eigenvalue weighted by molar-refractivity contribution is 5.97. The van der Waals surface area contributed by atoms with Crippen LogP contribution in [-0.2, 0) is 13.0 Å². The van der Waals surface area contributed by atoms with E-state index in [2.05, 4.69) is 112 Å². The predicted molar refractivity (Wildman–Crippen MR) is 132 cm³/mol. The molecule has 32 heavy (non-hydrogen) atoms. The molecule has 2 aromatic heterocycles. The molecule has 2 heterocycles. The van der Waals surface area contributed by atoms with Crippen LogP contribution in [0, 0.1) is 0 Å². The zero-order valence-electron chi connectivity index (χ0n) is 17.7. The molecule has 0 fully saturated rings. The minimum absolute atomic E-state index is 0.747. The number of benzene rings is 4. The molecule has 0 spiro atoms. The fraction of sp³-hybridized carbons (Fsp3) is 0.0690. The first kappa shape index (κ1) is 18.6. The van der Waals surface area contributed by atoms with E-state index in [9.17, 15) is 0 Å². The number of aromatic nitrogens is 3. The highest BCUT2D eigenvalue weighted by Crippen LogP contribution is 2.34. The van der Waals surface area contributed by atoms with Crippen molar-refractivity contribution in [2.45, 2.75) is 13.0 Å². The van der Waals surface area contributed by atoms with Gasteiger partial charge in [-0.25, -0.2) is 4.98 Å². The van der Waals surface area contributed by atoms with Crippen LogP contribution in [0.25, 0.3) is 32.7 Å². The number of fused-ring (bicyclic) bond motifs is 2. The number of nitrogens with zero attached hydrogens (tertiary/aromatic N) is 2. The molecule has 6 rings (SSSR count). The zero-order valence-corrected chi connectivity index (χ0v) is 17.7. The van der Waals surface area contributed by atoms with Gasteiger partial charge in [-0.2, -0.15) is 0 Å². The van der Waals surface area contributed by atoms with Gasteiger partial charge in [0.2, 0.25) is 0 Å². The fourth-order valence-electron chi connectivity index (χ4n) is 4.71. The summed E-state index contributed by atoms with van der Waals surface area (Å²) < 4.78 is 2.26. The van der Waals surface area contributed by atoms with Crippen molar-refractivity contribution in [3.63, 3.8) is 0 Å². The van der Waals surface area contributed by atoms with E-state index in [4.69, 9.17) is 0 Å². The number of aromatic amines is 1. The van der Waals surface area contributed by atoms with Crippen LogP contribution in [-0.4, -0.2) is 14.5 Å². The molecule has 4 aromatic carbocycles. The smallest absolute Gasteiger partial charge is 0.0923 e. The van der Waals surface area contributed by atoms with Crippen molar-refractivity contribution in [1.82, 2.24) is 14.5 Å². The largest absolute Gasteiger partial charge is 0.351 e. The first-order valence-electron chi connectivity index (χ1n) is 11.0. The lowest BCUT2D eigenvalue weighted by molar-refractivity contribution is 0.784. The van der Waals surface area contributed by atoms with Gasteiger partial charge in [0.1, 0.15) is 0 Å². The Balaban J connectivity index is 1.50. The van der Waals surface area contributed by atoms with E-state index < -0.39 is 0 Å². The number of hydrogen-bond acceptors (Lipinski definition) is 1. The number of hydrogen-bond donors (Lipinski definition) is 1. The second kappa shape index (κ2) is 7.86. The van der Waals surface area contributed by atoms with Gasteiger partial charge in [-0.3, -0.25) is 0 Å². The van der Waals surface area contributed by atoms with Gasteiger partial charge in [-0.15, -0.1) is 0 Å². The molecule has 0 aliphatic rings. The Morgan fingerprint density at radius 2 is 1.38 bits per heavy atom. The highest BCUT2D eigenvalue weighted by atomic mass is 15.0. The summed E-state index contributed by atoms with van der Waals surface area (Å²) in [5.74, 6) is 0. The molecule has 0 radical (unpaired) electrons. The van der Waals surface area contributed by atoms with E-state index in [0.29, 0.717) is 0 Å². The minimum Gasteiger partial charge on any atom is -0.351 e. The molecule has 6 aromatic rings. The second-order valence-electron chi connectivity index (χ2n) is 8.27. The third-order valence-electron chi connectivity index (χ3n) is 6.20. The Kier molecular flexibility index (Phi) is 4.58. The topological polar surface area (TPSA) is 33.6 Å². The van der Waals surface area contributed by atoms with Crippen molar-refractivity contribution in [1.29, 1.82) is 0 Å². The van der Waals surface area contributed by atoms with Gasteiger partial charge < -0.3 is 9.55 Å². The van der Waals surface area contributed by atoms with Gasteiger partial charge in [0.05, 0.1) is 18.6 Å². The number of rotatable bonds is 5. The molecule has 0 aliphatic heterocycles. The van der Waals surface area contributed by atoms with Crippen LogP contribution in [0.4, 0.5) is 0 Å². The van der Waals surface area contributed by atoms with Crippen LogP contribution in [0.1, 0.15) is 16.8 Å². The Labute approximate surface area is 187 Å². The average Bonchev–Trinajstić information content (AvgIpc) is 3.49. The Morgan fingerprint density at radius 1 is 0.656 bits per heavy atom. The standard InChI is InChI=1S/C29H23N3/c1-3-12-26-21(7-1)9-5-11-23(26)15-24-17-32(18-25-16-30-20-31-25)19-29(24)28-14-6-10-22-8-2-4-13-27(22)28/h1-14,16-17,19-20H,15,18H2,(H,30,31). The van der Waals surface area contributed by atoms with Gasteiger partial charge in [0.15, 0.2) is 0 Å². The summed E-state index contributed by atoms with van der Waals surface area (Å²) in [6, 6.07) is 30.5. The van der Waals surface area contributed by atoms with Gasteiger partial charge in [-0.05, 0) is 38.2 Å². The predicted octanol–water partition coefficient (Wildman–Crippen LogP) is 6.82. The van der Waals surface area contributed by atoms with Crippen LogP contribution in [0.15, 0.2) is 110 Å².